The van der Waals surface area contributed by atoms with Crippen LogP contribution >= 0.6 is 11.6 Å². The SMILES string of the molecule is Cc1cc(O)c(Cl)c(CNO)c1. The number of phenols is 1. The van der Waals surface area contributed by atoms with Crippen molar-refractivity contribution in [3.63, 3.8) is 0 Å². The van der Waals surface area contributed by atoms with Gasteiger partial charge in [0, 0.05) is 6.54 Å². The molecule has 66 valence electrons. The average Bonchev–Trinajstić information content (AvgIpc) is 2.00. The average molecular weight is 188 g/mol. The minimum absolute atomic E-state index is 0.0434. The van der Waals surface area contributed by atoms with E-state index in [2.05, 4.69) is 0 Å². The summed E-state index contributed by atoms with van der Waals surface area (Å²) in [4.78, 5) is 0. The zero-order valence-electron chi connectivity index (χ0n) is 6.63. The Kier molecular flexibility index (Phi) is 2.92. The molecule has 0 aromatic heterocycles. The predicted molar refractivity (Wildman–Crippen MR) is 46.5 cm³/mol. The maximum atomic E-state index is 9.27. The summed E-state index contributed by atoms with van der Waals surface area (Å²) in [6, 6.07) is 3.37. The minimum Gasteiger partial charge on any atom is -0.506 e. The Morgan fingerprint density at radius 3 is 2.75 bits per heavy atom. The summed E-state index contributed by atoms with van der Waals surface area (Å²) >= 11 is 5.74. The third kappa shape index (κ3) is 1.88. The van der Waals surface area contributed by atoms with Crippen molar-refractivity contribution >= 4 is 11.6 Å². The maximum Gasteiger partial charge on any atom is 0.134 e. The third-order valence-electron chi connectivity index (χ3n) is 1.54. The lowest BCUT2D eigenvalue weighted by atomic mass is 10.1. The Hall–Kier alpha value is -0.770. The van der Waals surface area contributed by atoms with Gasteiger partial charge in [-0.25, -0.2) is 5.48 Å². The molecule has 0 unspecified atom stereocenters. The quantitative estimate of drug-likeness (QED) is 0.620. The van der Waals surface area contributed by atoms with Crippen molar-refractivity contribution in [2.24, 2.45) is 0 Å². The molecule has 1 aromatic carbocycles. The molecule has 0 aliphatic heterocycles. The van der Waals surface area contributed by atoms with Crippen LogP contribution in [0.4, 0.5) is 0 Å². The first-order valence-corrected chi connectivity index (χ1v) is 3.88. The molecule has 0 spiro atoms. The van der Waals surface area contributed by atoms with E-state index in [0.29, 0.717) is 5.56 Å². The molecule has 3 nitrogen and oxygen atoms in total. The molecule has 1 rings (SSSR count). The van der Waals surface area contributed by atoms with Gasteiger partial charge in [0.2, 0.25) is 0 Å². The molecule has 0 radical (unpaired) electrons. The largest absolute Gasteiger partial charge is 0.506 e. The summed E-state index contributed by atoms with van der Waals surface area (Å²) in [5.41, 5.74) is 3.57. The third-order valence-corrected chi connectivity index (χ3v) is 1.98. The van der Waals surface area contributed by atoms with E-state index >= 15 is 0 Å². The summed E-state index contributed by atoms with van der Waals surface area (Å²) < 4.78 is 0. The van der Waals surface area contributed by atoms with Crippen LogP contribution < -0.4 is 5.48 Å². The van der Waals surface area contributed by atoms with Crippen molar-refractivity contribution in [2.45, 2.75) is 13.5 Å². The van der Waals surface area contributed by atoms with Crippen LogP contribution in [-0.4, -0.2) is 10.3 Å². The van der Waals surface area contributed by atoms with Crippen LogP contribution in [0.1, 0.15) is 11.1 Å². The summed E-state index contributed by atoms with van der Waals surface area (Å²) in [5.74, 6) is 0.0434. The van der Waals surface area contributed by atoms with Gasteiger partial charge in [0.1, 0.15) is 5.75 Å². The van der Waals surface area contributed by atoms with Gasteiger partial charge in [-0.3, -0.25) is 0 Å². The fourth-order valence-electron chi connectivity index (χ4n) is 1.04. The first-order valence-electron chi connectivity index (χ1n) is 3.50. The van der Waals surface area contributed by atoms with Crippen molar-refractivity contribution < 1.29 is 10.3 Å². The number of hydrogen-bond acceptors (Lipinski definition) is 3. The van der Waals surface area contributed by atoms with Crippen LogP contribution in [0.25, 0.3) is 0 Å². The van der Waals surface area contributed by atoms with E-state index in [0.717, 1.165) is 5.56 Å². The Balaban J connectivity index is 3.09. The molecular formula is C8H10ClNO2. The molecule has 0 bridgehead atoms. The lowest BCUT2D eigenvalue weighted by Crippen LogP contribution is -2.06. The Morgan fingerprint density at radius 1 is 1.50 bits per heavy atom. The van der Waals surface area contributed by atoms with Gasteiger partial charge in [0.15, 0.2) is 0 Å². The second-order valence-electron chi connectivity index (χ2n) is 2.59. The van der Waals surface area contributed by atoms with Gasteiger partial charge in [0.25, 0.3) is 0 Å². The summed E-state index contributed by atoms with van der Waals surface area (Å²) in [5, 5.41) is 18.0. The smallest absolute Gasteiger partial charge is 0.134 e. The van der Waals surface area contributed by atoms with Crippen LogP contribution in [-0.2, 0) is 6.54 Å². The molecular weight excluding hydrogens is 178 g/mol. The number of hydrogen-bond donors (Lipinski definition) is 3. The van der Waals surface area contributed by atoms with Gasteiger partial charge in [-0.15, -0.1) is 0 Å². The number of halogens is 1. The Bertz CT molecular complexity index is 289. The fraction of sp³-hybridized carbons (Fsp3) is 0.250. The predicted octanol–water partition coefficient (Wildman–Crippen LogP) is 1.83. The number of aromatic hydroxyl groups is 1. The Labute approximate surface area is 75.6 Å². The summed E-state index contributed by atoms with van der Waals surface area (Å²) in [6.07, 6.45) is 0. The lowest BCUT2D eigenvalue weighted by Gasteiger charge is -2.05. The molecule has 1 aromatic rings. The van der Waals surface area contributed by atoms with Crippen molar-refractivity contribution in [2.75, 3.05) is 0 Å². The molecule has 0 aliphatic carbocycles. The van der Waals surface area contributed by atoms with Crippen molar-refractivity contribution in [3.8, 4) is 5.75 Å². The highest BCUT2D eigenvalue weighted by Gasteiger charge is 2.05. The lowest BCUT2D eigenvalue weighted by molar-refractivity contribution is 0.161. The second kappa shape index (κ2) is 3.76. The number of hydroxylamine groups is 1. The highest BCUT2D eigenvalue weighted by Crippen LogP contribution is 2.28. The van der Waals surface area contributed by atoms with E-state index in [-0.39, 0.29) is 17.3 Å². The van der Waals surface area contributed by atoms with E-state index < -0.39 is 0 Å². The van der Waals surface area contributed by atoms with E-state index in [1.807, 2.05) is 12.4 Å². The topological polar surface area (TPSA) is 52.5 Å². The van der Waals surface area contributed by atoms with Gasteiger partial charge in [-0.05, 0) is 24.1 Å². The van der Waals surface area contributed by atoms with Crippen molar-refractivity contribution in [1.82, 2.24) is 5.48 Å². The first-order chi connectivity index (χ1) is 5.65. The zero-order valence-corrected chi connectivity index (χ0v) is 7.39. The van der Waals surface area contributed by atoms with Gasteiger partial charge < -0.3 is 10.3 Å². The van der Waals surface area contributed by atoms with Gasteiger partial charge in [0.05, 0.1) is 5.02 Å². The fourth-order valence-corrected chi connectivity index (χ4v) is 1.21. The van der Waals surface area contributed by atoms with Crippen LogP contribution in [0, 0.1) is 6.92 Å². The standard InChI is InChI=1S/C8H10ClNO2/c1-5-2-6(4-10-12)8(9)7(11)3-5/h2-3,10-12H,4H2,1H3. The molecule has 3 N–H and O–H groups in total. The monoisotopic (exact) mass is 187 g/mol. The van der Waals surface area contributed by atoms with Crippen molar-refractivity contribution in [3.05, 3.63) is 28.3 Å². The molecule has 4 heteroatoms. The van der Waals surface area contributed by atoms with E-state index in [1.165, 1.54) is 0 Å². The summed E-state index contributed by atoms with van der Waals surface area (Å²) in [7, 11) is 0. The number of rotatable bonds is 2. The molecule has 0 saturated carbocycles. The molecule has 0 heterocycles. The van der Waals surface area contributed by atoms with Crippen LogP contribution in [0.15, 0.2) is 12.1 Å². The maximum absolute atomic E-state index is 9.27. The normalized spacial score (nSPS) is 10.2. The van der Waals surface area contributed by atoms with E-state index in [1.54, 1.807) is 12.1 Å². The van der Waals surface area contributed by atoms with E-state index in [4.69, 9.17) is 16.8 Å². The number of phenolic OH excluding ortho intramolecular Hbond substituents is 1. The molecule has 0 atom stereocenters. The minimum atomic E-state index is 0.0434. The van der Waals surface area contributed by atoms with Crippen LogP contribution in [0.2, 0.25) is 5.02 Å². The zero-order chi connectivity index (χ0) is 9.14. The van der Waals surface area contributed by atoms with Crippen molar-refractivity contribution in [1.29, 1.82) is 0 Å². The molecule has 12 heavy (non-hydrogen) atoms. The second-order valence-corrected chi connectivity index (χ2v) is 2.97. The number of benzene rings is 1. The van der Waals surface area contributed by atoms with Crippen LogP contribution in [0.3, 0.4) is 0 Å². The number of nitrogens with one attached hydrogen (secondary N) is 1. The Morgan fingerprint density at radius 2 is 2.17 bits per heavy atom. The number of aryl methyl sites for hydroxylation is 1. The van der Waals surface area contributed by atoms with Crippen LogP contribution in [0.5, 0.6) is 5.75 Å². The van der Waals surface area contributed by atoms with Gasteiger partial charge >= 0.3 is 0 Å². The molecule has 0 saturated heterocycles. The molecule has 0 aliphatic rings. The first kappa shape index (κ1) is 9.32. The highest BCUT2D eigenvalue weighted by molar-refractivity contribution is 6.32. The molecule has 0 amide bonds. The van der Waals surface area contributed by atoms with E-state index in [9.17, 15) is 5.11 Å². The van der Waals surface area contributed by atoms with Gasteiger partial charge in [-0.1, -0.05) is 17.7 Å². The molecule has 0 fully saturated rings. The highest BCUT2D eigenvalue weighted by atomic mass is 35.5. The summed E-state index contributed by atoms with van der Waals surface area (Å²) in [6.45, 7) is 2.07. The van der Waals surface area contributed by atoms with Gasteiger partial charge in [-0.2, -0.15) is 0 Å².